The second-order valence-corrected chi connectivity index (χ2v) is 4.61. The monoisotopic (exact) mass is 314 g/mol. The molecule has 1 unspecified atom stereocenters. The first-order chi connectivity index (χ1) is 10.3. The summed E-state index contributed by atoms with van der Waals surface area (Å²) < 4.78 is 0.957. The van der Waals surface area contributed by atoms with Gasteiger partial charge in [-0.05, 0) is 6.92 Å². The van der Waals surface area contributed by atoms with E-state index < -0.39 is 42.3 Å². The fraction of sp³-hybridized carbons (Fsp3) is 0.500. The number of hydrogen-bond acceptors (Lipinski definition) is 6. The van der Waals surface area contributed by atoms with Crippen LogP contribution in [0, 0.1) is 6.92 Å². The van der Waals surface area contributed by atoms with Crippen molar-refractivity contribution in [2.24, 2.45) is 5.73 Å². The Bertz CT molecular complexity index is 664. The molecule has 10 heteroatoms. The Kier molecular flexibility index (Phi) is 6.01. The Morgan fingerprint density at radius 2 is 2.09 bits per heavy atom. The molecule has 0 fully saturated rings. The minimum absolute atomic E-state index is 0.00489. The molecule has 1 amide bonds. The molecule has 1 aromatic heterocycles. The topological polar surface area (TPSA) is 159 Å². The smallest absolute Gasteiger partial charge is 0.328 e. The Morgan fingerprint density at radius 1 is 1.45 bits per heavy atom. The van der Waals surface area contributed by atoms with Gasteiger partial charge in [0.05, 0.1) is 6.61 Å². The zero-order valence-corrected chi connectivity index (χ0v) is 12.0. The zero-order valence-electron chi connectivity index (χ0n) is 12.0. The molecule has 5 N–H and O–H groups in total. The second-order valence-electron chi connectivity index (χ2n) is 4.61. The number of aliphatic hydroxyl groups excluding tert-OH is 1. The Balaban J connectivity index is 3.06. The molecule has 1 atom stereocenters. The van der Waals surface area contributed by atoms with Crippen molar-refractivity contribution in [2.45, 2.75) is 19.5 Å². The number of rotatable bonds is 7. The molecular formula is C12H18N4O6. The van der Waals surface area contributed by atoms with E-state index >= 15 is 0 Å². The number of aromatic nitrogens is 2. The lowest BCUT2D eigenvalue weighted by Gasteiger charge is -2.27. The highest BCUT2D eigenvalue weighted by atomic mass is 16.4. The van der Waals surface area contributed by atoms with Crippen LogP contribution >= 0.6 is 0 Å². The minimum atomic E-state index is -1.45. The van der Waals surface area contributed by atoms with Crippen LogP contribution < -0.4 is 17.0 Å². The fourth-order valence-electron chi connectivity index (χ4n) is 1.88. The molecule has 0 aliphatic carbocycles. The van der Waals surface area contributed by atoms with Crippen LogP contribution in [0.2, 0.25) is 0 Å². The number of amides is 1. The van der Waals surface area contributed by atoms with Gasteiger partial charge in [0.2, 0.25) is 5.91 Å². The minimum Gasteiger partial charge on any atom is -0.480 e. The number of carbonyl (C=O) groups excluding carboxylic acids is 1. The van der Waals surface area contributed by atoms with Gasteiger partial charge in [-0.2, -0.15) is 0 Å². The molecule has 1 aromatic rings. The summed E-state index contributed by atoms with van der Waals surface area (Å²) in [5.74, 6) is -2.09. The number of hydrogen-bond donors (Lipinski definition) is 4. The third kappa shape index (κ3) is 4.02. The SMILES string of the molecule is Cc1cn(CC(=O)N(CCN)C(CO)C(=O)O)c(=O)[nH]c1=O. The molecule has 22 heavy (non-hydrogen) atoms. The Labute approximate surface area is 124 Å². The van der Waals surface area contributed by atoms with Crippen LogP contribution in [0.5, 0.6) is 0 Å². The maximum Gasteiger partial charge on any atom is 0.328 e. The van der Waals surface area contributed by atoms with Crippen molar-refractivity contribution in [1.29, 1.82) is 0 Å². The first-order valence-corrected chi connectivity index (χ1v) is 6.45. The van der Waals surface area contributed by atoms with E-state index in [1.807, 2.05) is 4.98 Å². The normalized spacial score (nSPS) is 12.0. The van der Waals surface area contributed by atoms with Gasteiger partial charge in [-0.1, -0.05) is 0 Å². The quantitative estimate of drug-likeness (QED) is 0.419. The summed E-state index contributed by atoms with van der Waals surface area (Å²) in [6.07, 6.45) is 1.20. The average Bonchev–Trinajstić information content (AvgIpc) is 2.44. The van der Waals surface area contributed by atoms with Crippen molar-refractivity contribution in [3.63, 3.8) is 0 Å². The number of H-pyrrole nitrogens is 1. The lowest BCUT2D eigenvalue weighted by molar-refractivity contribution is -0.152. The predicted molar refractivity (Wildman–Crippen MR) is 75.3 cm³/mol. The number of carboxylic acid groups (broad SMARTS) is 1. The van der Waals surface area contributed by atoms with E-state index in [2.05, 4.69) is 0 Å². The third-order valence-corrected chi connectivity index (χ3v) is 3.02. The van der Waals surface area contributed by atoms with E-state index in [1.54, 1.807) is 0 Å². The number of aryl methyl sites for hydroxylation is 1. The molecule has 122 valence electrons. The van der Waals surface area contributed by atoms with Crippen LogP contribution in [0.3, 0.4) is 0 Å². The standard InChI is InChI=1S/C12H18N4O6/c1-7-4-15(12(22)14-10(7)19)5-9(18)16(3-2-13)8(6-17)11(20)21/h4,8,17H,2-3,5-6,13H2,1H3,(H,20,21)(H,14,19,22). The van der Waals surface area contributed by atoms with Crippen LogP contribution in [0.15, 0.2) is 15.8 Å². The lowest BCUT2D eigenvalue weighted by atomic mass is 10.2. The molecule has 10 nitrogen and oxygen atoms in total. The van der Waals surface area contributed by atoms with Crippen LogP contribution in [0.25, 0.3) is 0 Å². The van der Waals surface area contributed by atoms with Crippen molar-refractivity contribution < 1.29 is 19.8 Å². The summed E-state index contributed by atoms with van der Waals surface area (Å²) in [7, 11) is 0. The maximum atomic E-state index is 12.2. The van der Waals surface area contributed by atoms with E-state index in [9.17, 15) is 19.2 Å². The van der Waals surface area contributed by atoms with Crippen molar-refractivity contribution >= 4 is 11.9 Å². The molecule has 0 saturated carbocycles. The lowest BCUT2D eigenvalue weighted by Crippen LogP contribution is -2.51. The summed E-state index contributed by atoms with van der Waals surface area (Å²) >= 11 is 0. The van der Waals surface area contributed by atoms with E-state index in [1.165, 1.54) is 13.1 Å². The number of carboxylic acids is 1. The molecule has 0 spiro atoms. The number of aromatic amines is 1. The van der Waals surface area contributed by atoms with E-state index in [-0.39, 0.29) is 18.7 Å². The molecular weight excluding hydrogens is 296 g/mol. The van der Waals surface area contributed by atoms with Gasteiger partial charge in [0.25, 0.3) is 5.56 Å². The summed E-state index contributed by atoms with van der Waals surface area (Å²) in [6, 6.07) is -1.45. The van der Waals surface area contributed by atoms with Gasteiger partial charge >= 0.3 is 11.7 Å². The van der Waals surface area contributed by atoms with Crippen LogP contribution in [-0.2, 0) is 16.1 Å². The maximum absolute atomic E-state index is 12.2. The van der Waals surface area contributed by atoms with Crippen molar-refractivity contribution in [2.75, 3.05) is 19.7 Å². The number of nitrogens with zero attached hydrogens (tertiary/aromatic N) is 2. The highest BCUT2D eigenvalue weighted by Gasteiger charge is 2.28. The van der Waals surface area contributed by atoms with Crippen LogP contribution in [0.1, 0.15) is 5.56 Å². The summed E-state index contributed by atoms with van der Waals surface area (Å²) in [5.41, 5.74) is 4.23. The largest absolute Gasteiger partial charge is 0.480 e. The second kappa shape index (κ2) is 7.52. The average molecular weight is 314 g/mol. The van der Waals surface area contributed by atoms with Gasteiger partial charge in [0.1, 0.15) is 6.54 Å². The van der Waals surface area contributed by atoms with Gasteiger partial charge in [-0.25, -0.2) is 9.59 Å². The van der Waals surface area contributed by atoms with Crippen molar-refractivity contribution in [1.82, 2.24) is 14.5 Å². The molecule has 1 heterocycles. The number of nitrogens with two attached hydrogens (primary N) is 1. The van der Waals surface area contributed by atoms with E-state index in [4.69, 9.17) is 15.9 Å². The number of aliphatic carboxylic acids is 1. The van der Waals surface area contributed by atoms with E-state index in [0.29, 0.717) is 0 Å². The third-order valence-electron chi connectivity index (χ3n) is 3.02. The molecule has 0 saturated heterocycles. The molecule has 0 radical (unpaired) electrons. The van der Waals surface area contributed by atoms with Gasteiger partial charge < -0.3 is 20.8 Å². The first kappa shape index (κ1) is 17.6. The summed E-state index contributed by atoms with van der Waals surface area (Å²) in [4.78, 5) is 49.1. The molecule has 1 rings (SSSR count). The molecule has 0 aliphatic heterocycles. The molecule has 0 aliphatic rings. The van der Waals surface area contributed by atoms with Gasteiger partial charge in [-0.15, -0.1) is 0 Å². The summed E-state index contributed by atoms with van der Waals surface area (Å²) in [6.45, 7) is 0.119. The highest BCUT2D eigenvalue weighted by molar-refractivity contribution is 5.83. The van der Waals surface area contributed by atoms with Crippen LogP contribution in [-0.4, -0.2) is 62.3 Å². The van der Waals surface area contributed by atoms with Crippen molar-refractivity contribution in [3.05, 3.63) is 32.6 Å². The van der Waals surface area contributed by atoms with Crippen LogP contribution in [0.4, 0.5) is 0 Å². The Morgan fingerprint density at radius 3 is 2.59 bits per heavy atom. The van der Waals surface area contributed by atoms with E-state index in [0.717, 1.165) is 9.47 Å². The van der Waals surface area contributed by atoms with Crippen molar-refractivity contribution in [3.8, 4) is 0 Å². The number of nitrogens with one attached hydrogen (secondary N) is 1. The van der Waals surface area contributed by atoms with Gasteiger partial charge in [0, 0.05) is 24.8 Å². The molecule has 0 bridgehead atoms. The summed E-state index contributed by atoms with van der Waals surface area (Å²) in [5, 5.41) is 18.1. The van der Waals surface area contributed by atoms with Gasteiger partial charge in [0.15, 0.2) is 6.04 Å². The Hall–Kier alpha value is -2.46. The fourth-order valence-corrected chi connectivity index (χ4v) is 1.88. The number of carbonyl (C=O) groups is 2. The highest BCUT2D eigenvalue weighted by Crippen LogP contribution is 2.02. The zero-order chi connectivity index (χ0) is 16.9. The predicted octanol–water partition coefficient (Wildman–Crippen LogP) is -2.92. The number of aliphatic hydroxyl groups is 1. The van der Waals surface area contributed by atoms with Gasteiger partial charge in [-0.3, -0.25) is 19.1 Å². The molecule has 0 aromatic carbocycles. The first-order valence-electron chi connectivity index (χ1n) is 6.45.